The van der Waals surface area contributed by atoms with E-state index in [1.165, 1.54) is 11.8 Å². The van der Waals surface area contributed by atoms with Crippen LogP contribution in [0.5, 0.6) is 0 Å². The maximum absolute atomic E-state index is 12.9. The molecule has 2 aromatic rings. The first kappa shape index (κ1) is 18.7. The van der Waals surface area contributed by atoms with E-state index in [4.69, 9.17) is 0 Å². The summed E-state index contributed by atoms with van der Waals surface area (Å²) in [6.07, 6.45) is 3.78. The lowest BCUT2D eigenvalue weighted by Crippen LogP contribution is -2.42. The molecule has 1 fully saturated rings. The van der Waals surface area contributed by atoms with Crippen LogP contribution in [0.25, 0.3) is 0 Å². The highest BCUT2D eigenvalue weighted by Crippen LogP contribution is 2.26. The van der Waals surface area contributed by atoms with E-state index in [2.05, 4.69) is 16.8 Å². The third-order valence-corrected chi connectivity index (χ3v) is 6.82. The van der Waals surface area contributed by atoms with Crippen molar-refractivity contribution in [2.24, 2.45) is 0 Å². The van der Waals surface area contributed by atoms with E-state index in [1.54, 1.807) is 21.9 Å². The van der Waals surface area contributed by atoms with Gasteiger partial charge in [0.25, 0.3) is 0 Å². The number of nitrogens with zero attached hydrogens (tertiary/aromatic N) is 4. The van der Waals surface area contributed by atoms with Gasteiger partial charge in [0.05, 0.1) is 23.3 Å². The van der Waals surface area contributed by atoms with Gasteiger partial charge in [-0.1, -0.05) is 36.0 Å². The third kappa shape index (κ3) is 4.34. The maximum atomic E-state index is 12.9. The fourth-order valence-electron chi connectivity index (χ4n) is 2.94. The molecular formula is C17H20N4O3S2. The zero-order valence-corrected chi connectivity index (χ0v) is 15.8. The fraction of sp³-hybridized carbons (Fsp3) is 0.353. The van der Waals surface area contributed by atoms with Crippen LogP contribution in [0.2, 0.25) is 0 Å². The minimum Gasteiger partial charge on any atom is -0.308 e. The normalized spacial score (nSPS) is 18.5. The summed E-state index contributed by atoms with van der Waals surface area (Å²) < 4.78 is 25.6. The number of allylic oxidation sites excluding steroid dienone is 1. The summed E-state index contributed by atoms with van der Waals surface area (Å²) in [5, 5.41) is 8.51. The Kier molecular flexibility index (Phi) is 5.77. The molecule has 1 atom stereocenters. The zero-order valence-electron chi connectivity index (χ0n) is 14.2. The molecular weight excluding hydrogens is 372 g/mol. The molecule has 1 aliphatic heterocycles. The van der Waals surface area contributed by atoms with Gasteiger partial charge in [0.15, 0.2) is 15.0 Å². The Bertz CT molecular complexity index is 880. The van der Waals surface area contributed by atoms with E-state index in [0.29, 0.717) is 23.8 Å². The average Bonchev–Trinajstić information content (AvgIpc) is 3.21. The topological polar surface area (TPSA) is 85.2 Å². The summed E-state index contributed by atoms with van der Waals surface area (Å²) in [4.78, 5) is 14.6. The molecule has 0 unspecified atom stereocenters. The molecule has 138 valence electrons. The Morgan fingerprint density at radius 3 is 2.81 bits per heavy atom. The second-order valence-corrected chi connectivity index (χ2v) is 9.17. The molecule has 2 heterocycles. The number of anilines is 1. The lowest BCUT2D eigenvalue weighted by molar-refractivity contribution is -0.116. The quantitative estimate of drug-likeness (QED) is 0.527. The van der Waals surface area contributed by atoms with Gasteiger partial charge in [-0.2, -0.15) is 0 Å². The Morgan fingerprint density at radius 1 is 1.38 bits per heavy atom. The molecule has 1 aliphatic rings. The lowest BCUT2D eigenvalue weighted by Gasteiger charge is -2.28. The molecule has 0 radical (unpaired) electrons. The van der Waals surface area contributed by atoms with Gasteiger partial charge in [-0.3, -0.25) is 4.79 Å². The molecule has 26 heavy (non-hydrogen) atoms. The van der Waals surface area contributed by atoms with Crippen molar-refractivity contribution in [1.82, 2.24) is 14.8 Å². The lowest BCUT2D eigenvalue weighted by atomic mass is 10.2. The first-order valence-corrected chi connectivity index (χ1v) is 11.0. The Hall–Kier alpha value is -2.13. The maximum Gasteiger partial charge on any atom is 0.237 e. The summed E-state index contributed by atoms with van der Waals surface area (Å²) in [5.74, 6) is 0.137. The molecule has 0 N–H and O–H groups in total. The number of sulfone groups is 1. The largest absolute Gasteiger partial charge is 0.308 e. The SMILES string of the molecule is C=CCn1cnnc1SCC(=O)N(c1ccccc1)[C@@H]1CCS(=O)(=O)C1. The minimum absolute atomic E-state index is 0.00491. The summed E-state index contributed by atoms with van der Waals surface area (Å²) in [6, 6.07) is 8.87. The van der Waals surface area contributed by atoms with Crippen LogP contribution in [0.1, 0.15) is 6.42 Å². The van der Waals surface area contributed by atoms with Crippen LogP contribution in [0.3, 0.4) is 0 Å². The van der Waals surface area contributed by atoms with Crippen molar-refractivity contribution in [3.63, 3.8) is 0 Å². The van der Waals surface area contributed by atoms with Gasteiger partial charge >= 0.3 is 0 Å². The number of carbonyl (C=O) groups is 1. The van der Waals surface area contributed by atoms with Gasteiger partial charge in [-0.15, -0.1) is 16.8 Å². The highest BCUT2D eigenvalue weighted by atomic mass is 32.2. The van der Waals surface area contributed by atoms with Crippen LogP contribution in [0, 0.1) is 0 Å². The fourth-order valence-corrected chi connectivity index (χ4v) is 5.43. The van der Waals surface area contributed by atoms with Crippen LogP contribution in [0.4, 0.5) is 5.69 Å². The average molecular weight is 393 g/mol. The number of para-hydroxylation sites is 1. The van der Waals surface area contributed by atoms with Gasteiger partial charge in [0.2, 0.25) is 5.91 Å². The summed E-state index contributed by atoms with van der Waals surface area (Å²) >= 11 is 1.28. The highest BCUT2D eigenvalue weighted by Gasteiger charge is 2.35. The van der Waals surface area contributed by atoms with Crippen LogP contribution in [0.15, 0.2) is 54.5 Å². The third-order valence-electron chi connectivity index (χ3n) is 4.11. The molecule has 0 saturated carbocycles. The van der Waals surface area contributed by atoms with E-state index < -0.39 is 9.84 Å². The molecule has 3 rings (SSSR count). The summed E-state index contributed by atoms with van der Waals surface area (Å²) in [7, 11) is -3.09. The van der Waals surface area contributed by atoms with E-state index in [9.17, 15) is 13.2 Å². The Labute approximate surface area is 157 Å². The van der Waals surface area contributed by atoms with Crippen molar-refractivity contribution < 1.29 is 13.2 Å². The van der Waals surface area contributed by atoms with Gasteiger partial charge in [0.1, 0.15) is 6.33 Å². The molecule has 9 heteroatoms. The molecule has 1 aromatic carbocycles. The van der Waals surface area contributed by atoms with Gasteiger partial charge in [0, 0.05) is 12.2 Å². The second kappa shape index (κ2) is 8.05. The number of hydrogen-bond acceptors (Lipinski definition) is 6. The van der Waals surface area contributed by atoms with E-state index in [0.717, 1.165) is 0 Å². The predicted molar refractivity (Wildman–Crippen MR) is 102 cm³/mol. The van der Waals surface area contributed by atoms with Crippen molar-refractivity contribution in [2.75, 3.05) is 22.2 Å². The van der Waals surface area contributed by atoms with Crippen LogP contribution >= 0.6 is 11.8 Å². The number of amides is 1. The molecule has 1 aromatic heterocycles. The minimum atomic E-state index is -3.09. The molecule has 0 spiro atoms. The smallest absolute Gasteiger partial charge is 0.237 e. The van der Waals surface area contributed by atoms with Gasteiger partial charge < -0.3 is 9.47 Å². The molecule has 7 nitrogen and oxygen atoms in total. The first-order chi connectivity index (χ1) is 12.5. The number of carbonyl (C=O) groups excluding carboxylic acids is 1. The van der Waals surface area contributed by atoms with Gasteiger partial charge in [-0.25, -0.2) is 8.42 Å². The first-order valence-electron chi connectivity index (χ1n) is 8.19. The summed E-state index contributed by atoms with van der Waals surface area (Å²) in [5.41, 5.74) is 0.716. The van der Waals surface area contributed by atoms with E-state index >= 15 is 0 Å². The number of hydrogen-bond donors (Lipinski definition) is 0. The Balaban J connectivity index is 1.77. The molecule has 0 bridgehead atoms. The molecule has 1 amide bonds. The molecule has 0 aliphatic carbocycles. The number of rotatable bonds is 7. The molecule has 1 saturated heterocycles. The number of thioether (sulfide) groups is 1. The van der Waals surface area contributed by atoms with E-state index in [-0.39, 0.29) is 29.2 Å². The van der Waals surface area contributed by atoms with Crippen molar-refractivity contribution in [1.29, 1.82) is 0 Å². The Morgan fingerprint density at radius 2 is 2.15 bits per heavy atom. The van der Waals surface area contributed by atoms with Crippen LogP contribution < -0.4 is 4.90 Å². The van der Waals surface area contributed by atoms with Crippen molar-refractivity contribution in [3.05, 3.63) is 49.3 Å². The predicted octanol–water partition coefficient (Wildman–Crippen LogP) is 1.78. The van der Waals surface area contributed by atoms with Crippen molar-refractivity contribution >= 4 is 33.2 Å². The van der Waals surface area contributed by atoms with Crippen molar-refractivity contribution in [2.45, 2.75) is 24.2 Å². The summed E-state index contributed by atoms with van der Waals surface area (Å²) in [6.45, 7) is 4.25. The van der Waals surface area contributed by atoms with Crippen LogP contribution in [-0.4, -0.2) is 52.4 Å². The van der Waals surface area contributed by atoms with Gasteiger partial charge in [-0.05, 0) is 18.6 Å². The second-order valence-electron chi connectivity index (χ2n) is 6.00. The number of aromatic nitrogens is 3. The highest BCUT2D eigenvalue weighted by molar-refractivity contribution is 7.99. The number of benzene rings is 1. The monoisotopic (exact) mass is 392 g/mol. The standard InChI is InChI=1S/C17H20N4O3S2/c1-2-9-20-13-18-19-17(20)25-11-16(22)21(14-6-4-3-5-7-14)15-8-10-26(23,24)12-15/h2-7,13,15H,1,8-12H2/t15-/m1/s1. The van der Waals surface area contributed by atoms with E-state index in [1.807, 2.05) is 30.3 Å². The van der Waals surface area contributed by atoms with Crippen LogP contribution in [-0.2, 0) is 21.2 Å². The zero-order chi connectivity index (χ0) is 18.6. The van der Waals surface area contributed by atoms with Crippen molar-refractivity contribution in [3.8, 4) is 0 Å².